The second-order valence-electron chi connectivity index (χ2n) is 4.60. The third-order valence-electron chi connectivity index (χ3n) is 3.00. The second-order valence-corrected chi connectivity index (χ2v) is 8.67. The van der Waals surface area contributed by atoms with Crippen LogP contribution in [-0.4, -0.2) is 4.98 Å². The van der Waals surface area contributed by atoms with Gasteiger partial charge >= 0.3 is 0 Å². The van der Waals surface area contributed by atoms with Crippen molar-refractivity contribution in [1.29, 1.82) is 0 Å². The normalized spacial score (nSPS) is 12.2. The number of rotatable bonds is 6. The summed E-state index contributed by atoms with van der Waals surface area (Å²) in [4.78, 5) is 4.40. The minimum atomic E-state index is 0.309. The van der Waals surface area contributed by atoms with E-state index < -0.39 is 0 Å². The molecular weight excluding hydrogens is 350 g/mol. The van der Waals surface area contributed by atoms with Crippen molar-refractivity contribution in [3.63, 3.8) is 0 Å². The van der Waals surface area contributed by atoms with Gasteiger partial charge in [0.15, 0.2) is 4.34 Å². The zero-order valence-corrected chi connectivity index (χ0v) is 14.9. The Balaban J connectivity index is 1.75. The minimum absolute atomic E-state index is 0.309. The van der Waals surface area contributed by atoms with E-state index in [-0.39, 0.29) is 0 Å². The van der Waals surface area contributed by atoms with Crippen molar-refractivity contribution >= 4 is 46.5 Å². The molecule has 22 heavy (non-hydrogen) atoms. The lowest BCUT2D eigenvalue weighted by Gasteiger charge is -2.15. The lowest BCUT2D eigenvalue weighted by molar-refractivity contribution is 1.24. The summed E-state index contributed by atoms with van der Waals surface area (Å²) < 4.78 is 1.41. The van der Waals surface area contributed by atoms with Crippen molar-refractivity contribution in [3.8, 4) is 0 Å². The van der Waals surface area contributed by atoms with E-state index in [1.807, 2.05) is 35.5 Å². The molecule has 3 rings (SSSR count). The Kier molecular flexibility index (Phi) is 5.84. The van der Waals surface area contributed by atoms with E-state index in [4.69, 9.17) is 11.6 Å². The van der Waals surface area contributed by atoms with E-state index in [9.17, 15) is 0 Å². The number of hydrogen-bond acceptors (Lipinski definition) is 4. The topological polar surface area (TPSA) is 12.9 Å². The standard InChI is InChI=1S/C17H14ClNS3/c18-15-8-6-14(7-9-15)16(22-17-19-10-11-20-17)21-12-13-4-2-1-3-5-13/h1-11,16H,12H2. The summed E-state index contributed by atoms with van der Waals surface area (Å²) in [5.74, 6) is 0.979. The van der Waals surface area contributed by atoms with Gasteiger partial charge in [0.1, 0.15) is 0 Å². The molecule has 0 saturated carbocycles. The van der Waals surface area contributed by atoms with E-state index in [1.54, 1.807) is 23.1 Å². The highest BCUT2D eigenvalue weighted by atomic mass is 35.5. The molecule has 0 aliphatic heterocycles. The molecule has 5 heteroatoms. The number of hydrogen-bond donors (Lipinski definition) is 0. The van der Waals surface area contributed by atoms with Crippen LogP contribution in [0, 0.1) is 0 Å². The third kappa shape index (κ3) is 4.53. The van der Waals surface area contributed by atoms with Crippen LogP contribution in [0.5, 0.6) is 0 Å². The van der Waals surface area contributed by atoms with Crippen molar-refractivity contribution < 1.29 is 0 Å². The Morgan fingerprint density at radius 1 is 1.05 bits per heavy atom. The summed E-state index contributed by atoms with van der Waals surface area (Å²) in [6, 6.07) is 18.7. The van der Waals surface area contributed by atoms with Gasteiger partial charge in [0.05, 0.1) is 4.58 Å². The molecule has 0 bridgehead atoms. The average Bonchev–Trinajstić information content (AvgIpc) is 3.06. The zero-order chi connectivity index (χ0) is 15.2. The Morgan fingerprint density at radius 3 is 2.50 bits per heavy atom. The molecule has 1 atom stereocenters. The van der Waals surface area contributed by atoms with Crippen LogP contribution in [0.4, 0.5) is 0 Å². The molecule has 112 valence electrons. The quantitative estimate of drug-likeness (QED) is 0.365. The molecule has 1 heterocycles. The molecule has 0 aliphatic carbocycles. The summed E-state index contributed by atoms with van der Waals surface area (Å²) in [6.07, 6.45) is 1.85. The van der Waals surface area contributed by atoms with Gasteiger partial charge in [0.25, 0.3) is 0 Å². The molecule has 0 N–H and O–H groups in total. The fraction of sp³-hybridized carbons (Fsp3) is 0.118. The summed E-state index contributed by atoms with van der Waals surface area (Å²) in [5, 5.41) is 2.79. The molecule has 0 aliphatic rings. The van der Waals surface area contributed by atoms with E-state index in [2.05, 4.69) is 47.4 Å². The molecule has 1 nitrogen and oxygen atoms in total. The predicted molar refractivity (Wildman–Crippen MR) is 99.9 cm³/mol. The van der Waals surface area contributed by atoms with Gasteiger partial charge in [-0.2, -0.15) is 0 Å². The van der Waals surface area contributed by atoms with E-state index in [0.29, 0.717) is 4.58 Å². The van der Waals surface area contributed by atoms with Crippen LogP contribution >= 0.6 is 46.5 Å². The van der Waals surface area contributed by atoms with Crippen molar-refractivity contribution in [2.45, 2.75) is 14.7 Å². The van der Waals surface area contributed by atoms with Crippen molar-refractivity contribution in [2.75, 3.05) is 0 Å². The van der Waals surface area contributed by atoms with Crippen LogP contribution < -0.4 is 0 Å². The van der Waals surface area contributed by atoms with Gasteiger partial charge in [-0.25, -0.2) is 4.98 Å². The zero-order valence-electron chi connectivity index (χ0n) is 11.7. The predicted octanol–water partition coefficient (Wildman–Crippen LogP) is 6.52. The van der Waals surface area contributed by atoms with E-state index >= 15 is 0 Å². The summed E-state index contributed by atoms with van der Waals surface area (Å²) in [7, 11) is 0. The lowest BCUT2D eigenvalue weighted by atomic mass is 10.2. The van der Waals surface area contributed by atoms with Gasteiger partial charge in [-0.3, -0.25) is 0 Å². The van der Waals surface area contributed by atoms with Crippen LogP contribution in [0.3, 0.4) is 0 Å². The average molecular weight is 364 g/mol. The van der Waals surface area contributed by atoms with Gasteiger partial charge in [0, 0.05) is 22.4 Å². The molecule has 0 radical (unpaired) electrons. The number of thiazole rings is 1. The first-order chi connectivity index (χ1) is 10.8. The first-order valence-electron chi connectivity index (χ1n) is 6.78. The Labute approximate surface area is 148 Å². The first-order valence-corrected chi connectivity index (χ1v) is 9.97. The van der Waals surface area contributed by atoms with Crippen LogP contribution in [0.15, 0.2) is 70.5 Å². The molecule has 0 fully saturated rings. The summed E-state index contributed by atoms with van der Waals surface area (Å²) in [5.41, 5.74) is 2.61. The maximum atomic E-state index is 6.01. The van der Waals surface area contributed by atoms with Crippen molar-refractivity contribution in [2.24, 2.45) is 0 Å². The van der Waals surface area contributed by atoms with Crippen LogP contribution in [0.1, 0.15) is 15.7 Å². The largest absolute Gasteiger partial charge is 0.238 e. The molecule has 1 aromatic heterocycles. The smallest absolute Gasteiger partial charge is 0.151 e. The Morgan fingerprint density at radius 2 is 1.82 bits per heavy atom. The van der Waals surface area contributed by atoms with Gasteiger partial charge in [-0.15, -0.1) is 23.1 Å². The van der Waals surface area contributed by atoms with E-state index in [1.165, 1.54) is 11.1 Å². The van der Waals surface area contributed by atoms with Gasteiger partial charge in [-0.05, 0) is 23.3 Å². The van der Waals surface area contributed by atoms with Crippen LogP contribution in [0.25, 0.3) is 0 Å². The molecule has 0 spiro atoms. The van der Waals surface area contributed by atoms with Gasteiger partial charge < -0.3 is 0 Å². The number of thioether (sulfide) groups is 2. The fourth-order valence-corrected chi connectivity index (χ4v) is 5.50. The highest BCUT2D eigenvalue weighted by Crippen LogP contribution is 2.45. The number of aromatic nitrogens is 1. The SMILES string of the molecule is Clc1ccc(C(SCc2ccccc2)Sc2nccs2)cc1. The van der Waals surface area contributed by atoms with Crippen LogP contribution in [0.2, 0.25) is 5.02 Å². The molecule has 2 aromatic carbocycles. The molecule has 1 unspecified atom stereocenters. The van der Waals surface area contributed by atoms with E-state index in [0.717, 1.165) is 15.1 Å². The molecule has 0 amide bonds. The fourth-order valence-electron chi connectivity index (χ4n) is 1.92. The maximum Gasteiger partial charge on any atom is 0.151 e. The second kappa shape index (κ2) is 8.06. The molecular formula is C17H14ClNS3. The van der Waals surface area contributed by atoms with Crippen LogP contribution in [-0.2, 0) is 5.75 Å². The Hall–Kier alpha value is -0.940. The number of benzene rings is 2. The summed E-state index contributed by atoms with van der Waals surface area (Å²) in [6.45, 7) is 0. The monoisotopic (exact) mass is 363 g/mol. The first kappa shape index (κ1) is 15.9. The highest BCUT2D eigenvalue weighted by Gasteiger charge is 2.15. The third-order valence-corrected chi connectivity index (χ3v) is 6.96. The van der Waals surface area contributed by atoms with Gasteiger partial charge in [-0.1, -0.05) is 65.8 Å². The summed E-state index contributed by atoms with van der Waals surface area (Å²) >= 11 is 11.4. The van der Waals surface area contributed by atoms with Crippen molar-refractivity contribution in [3.05, 3.63) is 82.3 Å². The van der Waals surface area contributed by atoms with Crippen molar-refractivity contribution in [1.82, 2.24) is 4.98 Å². The number of nitrogens with zero attached hydrogens (tertiary/aromatic N) is 1. The maximum absolute atomic E-state index is 6.01. The Bertz CT molecular complexity index is 684. The molecule has 3 aromatic rings. The number of halogens is 1. The lowest BCUT2D eigenvalue weighted by Crippen LogP contribution is -1.91. The van der Waals surface area contributed by atoms with Gasteiger partial charge in [0.2, 0.25) is 0 Å². The highest BCUT2D eigenvalue weighted by molar-refractivity contribution is 8.16. The minimum Gasteiger partial charge on any atom is -0.238 e. The molecule has 0 saturated heterocycles.